The van der Waals surface area contributed by atoms with Crippen LogP contribution in [0, 0.1) is 5.92 Å². The van der Waals surface area contributed by atoms with E-state index in [-0.39, 0.29) is 0 Å². The molecule has 1 fully saturated rings. The van der Waals surface area contributed by atoms with Gasteiger partial charge in [-0.2, -0.15) is 0 Å². The molecule has 1 heterocycles. The number of para-hydroxylation sites is 1. The van der Waals surface area contributed by atoms with E-state index in [0.717, 1.165) is 5.92 Å². The number of alkyl halides is 1. The molecule has 1 nitrogen and oxygen atoms in total. The van der Waals surface area contributed by atoms with Crippen molar-refractivity contribution >= 4 is 17.3 Å². The molecule has 1 aromatic carbocycles. The van der Waals surface area contributed by atoms with E-state index in [1.54, 1.807) is 0 Å². The van der Waals surface area contributed by atoms with Gasteiger partial charge in [0, 0.05) is 24.7 Å². The summed E-state index contributed by atoms with van der Waals surface area (Å²) in [7, 11) is 0. The molecule has 88 valence electrons. The van der Waals surface area contributed by atoms with E-state index < -0.39 is 0 Å². The van der Waals surface area contributed by atoms with Crippen LogP contribution in [-0.2, 0) is 5.88 Å². The molecular weight excluding hydrogens is 218 g/mol. The van der Waals surface area contributed by atoms with Crippen molar-refractivity contribution in [2.45, 2.75) is 32.1 Å². The number of hydrogen-bond acceptors (Lipinski definition) is 1. The summed E-state index contributed by atoms with van der Waals surface area (Å²) in [6, 6.07) is 8.51. The number of benzene rings is 1. The standard InChI is InChI=1S/C14H20ClN/c1-2-5-12-8-9-16(11-12)14-7-4-3-6-13(14)10-15/h3-4,6-7,12H,2,5,8-11H2,1H3. The van der Waals surface area contributed by atoms with Crippen LogP contribution in [0.4, 0.5) is 5.69 Å². The maximum absolute atomic E-state index is 5.98. The third-order valence-electron chi connectivity index (χ3n) is 3.46. The number of nitrogens with zero attached hydrogens (tertiary/aromatic N) is 1. The molecule has 0 saturated carbocycles. The molecule has 2 rings (SSSR count). The first-order chi connectivity index (χ1) is 7.85. The summed E-state index contributed by atoms with van der Waals surface area (Å²) < 4.78 is 0. The molecule has 2 heteroatoms. The molecule has 1 unspecified atom stereocenters. The third-order valence-corrected chi connectivity index (χ3v) is 3.75. The van der Waals surface area contributed by atoms with Crippen LogP contribution in [0.1, 0.15) is 31.7 Å². The van der Waals surface area contributed by atoms with Gasteiger partial charge in [0.15, 0.2) is 0 Å². The average Bonchev–Trinajstić information content (AvgIpc) is 2.78. The van der Waals surface area contributed by atoms with Crippen molar-refractivity contribution in [1.29, 1.82) is 0 Å². The SMILES string of the molecule is CCCC1CCN(c2ccccc2CCl)C1. The number of anilines is 1. The molecular formula is C14H20ClN. The van der Waals surface area contributed by atoms with Crippen LogP contribution in [0.25, 0.3) is 0 Å². The Morgan fingerprint density at radius 3 is 2.94 bits per heavy atom. The van der Waals surface area contributed by atoms with Crippen molar-refractivity contribution in [3.05, 3.63) is 29.8 Å². The van der Waals surface area contributed by atoms with Crippen molar-refractivity contribution in [1.82, 2.24) is 0 Å². The molecule has 0 aliphatic carbocycles. The Morgan fingerprint density at radius 2 is 2.19 bits per heavy atom. The highest BCUT2D eigenvalue weighted by atomic mass is 35.5. The van der Waals surface area contributed by atoms with Gasteiger partial charge >= 0.3 is 0 Å². The quantitative estimate of drug-likeness (QED) is 0.714. The van der Waals surface area contributed by atoms with Crippen molar-refractivity contribution in [2.24, 2.45) is 5.92 Å². The third kappa shape index (κ3) is 2.52. The first-order valence-corrected chi connectivity index (χ1v) is 6.77. The van der Waals surface area contributed by atoms with Gasteiger partial charge in [-0.25, -0.2) is 0 Å². The minimum atomic E-state index is 0.616. The van der Waals surface area contributed by atoms with Gasteiger partial charge < -0.3 is 4.90 Å². The average molecular weight is 238 g/mol. The van der Waals surface area contributed by atoms with Crippen LogP contribution in [-0.4, -0.2) is 13.1 Å². The van der Waals surface area contributed by atoms with Crippen LogP contribution in [0.3, 0.4) is 0 Å². The second-order valence-electron chi connectivity index (χ2n) is 4.65. The minimum absolute atomic E-state index is 0.616. The Kier molecular flexibility index (Phi) is 4.11. The lowest BCUT2D eigenvalue weighted by atomic mass is 10.0. The molecule has 0 aromatic heterocycles. The Bertz CT molecular complexity index is 337. The molecule has 1 aliphatic heterocycles. The molecule has 0 amide bonds. The fraction of sp³-hybridized carbons (Fsp3) is 0.571. The van der Waals surface area contributed by atoms with E-state index >= 15 is 0 Å². The lowest BCUT2D eigenvalue weighted by Gasteiger charge is -2.21. The smallest absolute Gasteiger partial charge is 0.0494 e. The van der Waals surface area contributed by atoms with Gasteiger partial charge in [-0.15, -0.1) is 11.6 Å². The second kappa shape index (κ2) is 5.58. The zero-order valence-electron chi connectivity index (χ0n) is 9.95. The van der Waals surface area contributed by atoms with Gasteiger partial charge in [-0.1, -0.05) is 31.5 Å². The van der Waals surface area contributed by atoms with Gasteiger partial charge in [-0.05, 0) is 30.4 Å². The Hall–Kier alpha value is -0.690. The van der Waals surface area contributed by atoms with Crippen molar-refractivity contribution in [3.63, 3.8) is 0 Å². The predicted octanol–water partition coefficient (Wildman–Crippen LogP) is 4.05. The predicted molar refractivity (Wildman–Crippen MR) is 71.2 cm³/mol. The van der Waals surface area contributed by atoms with E-state index in [1.807, 2.05) is 0 Å². The van der Waals surface area contributed by atoms with Gasteiger partial charge in [0.25, 0.3) is 0 Å². The maximum atomic E-state index is 5.98. The summed E-state index contributed by atoms with van der Waals surface area (Å²) in [5.74, 6) is 1.50. The largest absolute Gasteiger partial charge is 0.371 e. The Balaban J connectivity index is 2.08. The minimum Gasteiger partial charge on any atom is -0.371 e. The van der Waals surface area contributed by atoms with Crippen LogP contribution in [0.15, 0.2) is 24.3 Å². The van der Waals surface area contributed by atoms with Crippen LogP contribution in [0.5, 0.6) is 0 Å². The van der Waals surface area contributed by atoms with Gasteiger partial charge in [0.2, 0.25) is 0 Å². The zero-order valence-corrected chi connectivity index (χ0v) is 10.7. The van der Waals surface area contributed by atoms with Crippen LogP contribution in [0.2, 0.25) is 0 Å². The second-order valence-corrected chi connectivity index (χ2v) is 4.92. The fourth-order valence-electron chi connectivity index (χ4n) is 2.63. The lowest BCUT2D eigenvalue weighted by Crippen LogP contribution is -2.20. The molecule has 1 aliphatic rings. The summed E-state index contributed by atoms with van der Waals surface area (Å²) in [5.41, 5.74) is 2.61. The number of halogens is 1. The highest BCUT2D eigenvalue weighted by Gasteiger charge is 2.22. The number of rotatable bonds is 4. The zero-order chi connectivity index (χ0) is 11.4. The van der Waals surface area contributed by atoms with E-state index in [4.69, 9.17) is 11.6 Å². The van der Waals surface area contributed by atoms with E-state index in [9.17, 15) is 0 Å². The molecule has 1 aromatic rings. The summed E-state index contributed by atoms with van der Waals surface area (Å²) in [6.07, 6.45) is 4.00. The summed E-state index contributed by atoms with van der Waals surface area (Å²) in [4.78, 5) is 2.50. The van der Waals surface area contributed by atoms with Crippen molar-refractivity contribution in [3.8, 4) is 0 Å². The summed E-state index contributed by atoms with van der Waals surface area (Å²) in [5, 5.41) is 0. The molecule has 0 N–H and O–H groups in total. The molecule has 0 spiro atoms. The van der Waals surface area contributed by atoms with Crippen molar-refractivity contribution in [2.75, 3.05) is 18.0 Å². The first kappa shape index (κ1) is 11.8. The summed E-state index contributed by atoms with van der Waals surface area (Å²) >= 11 is 5.98. The number of hydrogen-bond donors (Lipinski definition) is 0. The monoisotopic (exact) mass is 237 g/mol. The highest BCUT2D eigenvalue weighted by Crippen LogP contribution is 2.29. The van der Waals surface area contributed by atoms with Gasteiger partial charge in [0.05, 0.1) is 0 Å². The fourth-order valence-corrected chi connectivity index (χ4v) is 2.85. The topological polar surface area (TPSA) is 3.24 Å². The Labute approximate surface area is 103 Å². The molecule has 0 bridgehead atoms. The van der Waals surface area contributed by atoms with Crippen LogP contribution >= 0.6 is 11.6 Å². The molecule has 1 atom stereocenters. The van der Waals surface area contributed by atoms with E-state index in [2.05, 4.69) is 36.1 Å². The summed E-state index contributed by atoms with van der Waals surface area (Å²) in [6.45, 7) is 4.68. The normalized spacial score (nSPS) is 20.4. The van der Waals surface area contributed by atoms with Gasteiger partial charge in [0.1, 0.15) is 0 Å². The van der Waals surface area contributed by atoms with E-state index in [0.29, 0.717) is 5.88 Å². The van der Waals surface area contributed by atoms with Crippen molar-refractivity contribution < 1.29 is 0 Å². The van der Waals surface area contributed by atoms with E-state index in [1.165, 1.54) is 43.6 Å². The maximum Gasteiger partial charge on any atom is 0.0494 e. The Morgan fingerprint density at radius 1 is 1.38 bits per heavy atom. The highest BCUT2D eigenvalue weighted by molar-refractivity contribution is 6.17. The van der Waals surface area contributed by atoms with Gasteiger partial charge in [-0.3, -0.25) is 0 Å². The van der Waals surface area contributed by atoms with Crippen LogP contribution < -0.4 is 4.90 Å². The molecule has 1 saturated heterocycles. The lowest BCUT2D eigenvalue weighted by molar-refractivity contribution is 0.530. The molecule has 16 heavy (non-hydrogen) atoms. The first-order valence-electron chi connectivity index (χ1n) is 6.24. The molecule has 0 radical (unpaired) electrons.